The molecule has 0 unspecified atom stereocenters. The number of nitrogens with zero attached hydrogens (tertiary/aromatic N) is 3. The van der Waals surface area contributed by atoms with Crippen LogP contribution < -0.4 is 0 Å². The van der Waals surface area contributed by atoms with Crippen molar-refractivity contribution < 1.29 is 4.74 Å². The van der Waals surface area contributed by atoms with E-state index in [1.54, 1.807) is 18.0 Å². The van der Waals surface area contributed by atoms with Gasteiger partial charge in [0.25, 0.3) is 0 Å². The van der Waals surface area contributed by atoms with E-state index in [0.29, 0.717) is 17.6 Å². The molecule has 2 aromatic rings. The average Bonchev–Trinajstić information content (AvgIpc) is 2.67. The Morgan fingerprint density at radius 1 is 1.44 bits per heavy atom. The highest BCUT2D eigenvalue weighted by Gasteiger charge is 2.16. The second-order valence-electron chi connectivity index (χ2n) is 3.53. The lowest BCUT2D eigenvalue weighted by Gasteiger charge is -2.01. The summed E-state index contributed by atoms with van der Waals surface area (Å²) in [6.45, 7) is 0.366. The first-order valence-corrected chi connectivity index (χ1v) is 6.81. The molecule has 0 atom stereocenters. The lowest BCUT2D eigenvalue weighted by molar-refractivity contribution is 0.180. The zero-order valence-electron chi connectivity index (χ0n) is 9.53. The Labute approximate surface area is 123 Å². The fourth-order valence-corrected chi connectivity index (χ4v) is 2.39. The van der Waals surface area contributed by atoms with Crippen LogP contribution in [0.1, 0.15) is 11.3 Å². The Hall–Kier alpha value is -0.620. The van der Waals surface area contributed by atoms with Crippen LogP contribution >= 0.6 is 39.1 Å². The number of ether oxygens (including phenoxy) is 1. The molecule has 2 heterocycles. The van der Waals surface area contributed by atoms with Gasteiger partial charge in [0.05, 0.1) is 18.2 Å². The highest BCUT2D eigenvalue weighted by atomic mass is 79.9. The Morgan fingerprint density at radius 2 is 2.22 bits per heavy atom. The lowest BCUT2D eigenvalue weighted by Crippen LogP contribution is -2.00. The molecule has 0 aliphatic rings. The summed E-state index contributed by atoms with van der Waals surface area (Å²) in [4.78, 5) is 4.24. The van der Waals surface area contributed by atoms with Gasteiger partial charge in [-0.05, 0) is 28.1 Å². The van der Waals surface area contributed by atoms with Gasteiger partial charge >= 0.3 is 0 Å². The average molecular weight is 351 g/mol. The van der Waals surface area contributed by atoms with Crippen molar-refractivity contribution in [3.8, 4) is 5.82 Å². The van der Waals surface area contributed by atoms with Crippen molar-refractivity contribution in [1.82, 2.24) is 14.8 Å². The second kappa shape index (κ2) is 6.02. The first-order valence-electron chi connectivity index (χ1n) is 5.10. The maximum atomic E-state index is 6.25. The lowest BCUT2D eigenvalue weighted by atomic mass is 10.3. The first-order chi connectivity index (χ1) is 8.67. The predicted molar refractivity (Wildman–Crippen MR) is 74.3 cm³/mol. The van der Waals surface area contributed by atoms with Gasteiger partial charge in [0.1, 0.15) is 5.15 Å². The Bertz CT molecular complexity index is 542. The molecule has 0 saturated carbocycles. The minimum atomic E-state index is 0.286. The number of alkyl halides is 1. The van der Waals surface area contributed by atoms with Crippen molar-refractivity contribution in [2.45, 2.75) is 12.5 Å². The van der Waals surface area contributed by atoms with Crippen LogP contribution in [0.5, 0.6) is 0 Å². The summed E-state index contributed by atoms with van der Waals surface area (Å²) >= 11 is 15.5. The summed E-state index contributed by atoms with van der Waals surface area (Å²) in [5.74, 6) is 0.922. The third kappa shape index (κ3) is 2.69. The molecule has 4 nitrogen and oxygen atoms in total. The van der Waals surface area contributed by atoms with Crippen LogP contribution in [0.15, 0.2) is 22.8 Å². The van der Waals surface area contributed by atoms with E-state index in [-0.39, 0.29) is 5.88 Å². The number of pyridine rings is 1. The van der Waals surface area contributed by atoms with Gasteiger partial charge in [-0.3, -0.25) is 0 Å². The van der Waals surface area contributed by atoms with Crippen molar-refractivity contribution >= 4 is 39.1 Å². The number of aromatic nitrogens is 3. The fourth-order valence-electron chi connectivity index (χ4n) is 1.50. The molecule has 0 N–H and O–H groups in total. The first kappa shape index (κ1) is 13.8. The number of methoxy groups -OCH3 is 1. The quantitative estimate of drug-likeness (QED) is 0.791. The van der Waals surface area contributed by atoms with Gasteiger partial charge in [0.2, 0.25) is 0 Å². The minimum absolute atomic E-state index is 0.286. The maximum absolute atomic E-state index is 6.25. The van der Waals surface area contributed by atoms with Crippen LogP contribution in [0.3, 0.4) is 0 Å². The van der Waals surface area contributed by atoms with Crippen LogP contribution in [-0.2, 0) is 17.2 Å². The van der Waals surface area contributed by atoms with E-state index in [1.165, 1.54) is 0 Å². The Morgan fingerprint density at radius 3 is 2.78 bits per heavy atom. The maximum Gasteiger partial charge on any atom is 0.155 e. The largest absolute Gasteiger partial charge is 0.378 e. The standard InChI is InChI=1S/C11H10BrCl2N3O/c1-18-6-9-8(4-13)11(14)17(16-9)10-3-2-7(12)5-15-10/h2-3,5H,4,6H2,1H3. The second-order valence-corrected chi connectivity index (χ2v) is 5.07. The van der Waals surface area contributed by atoms with Gasteiger partial charge in [-0.25, -0.2) is 9.67 Å². The molecule has 7 heteroatoms. The monoisotopic (exact) mass is 349 g/mol. The molecule has 2 aromatic heterocycles. The smallest absolute Gasteiger partial charge is 0.155 e. The van der Waals surface area contributed by atoms with Crippen molar-refractivity contribution in [2.24, 2.45) is 0 Å². The number of hydrogen-bond donors (Lipinski definition) is 0. The summed E-state index contributed by atoms with van der Waals surface area (Å²) in [5.41, 5.74) is 1.49. The van der Waals surface area contributed by atoms with Crippen LogP contribution in [0.2, 0.25) is 5.15 Å². The van der Waals surface area contributed by atoms with Gasteiger partial charge in [-0.1, -0.05) is 11.6 Å². The summed E-state index contributed by atoms with van der Waals surface area (Å²) in [6, 6.07) is 3.69. The molecule has 0 radical (unpaired) electrons. The van der Waals surface area contributed by atoms with E-state index in [9.17, 15) is 0 Å². The minimum Gasteiger partial charge on any atom is -0.378 e. The van der Waals surface area contributed by atoms with E-state index < -0.39 is 0 Å². The molecule has 18 heavy (non-hydrogen) atoms. The van der Waals surface area contributed by atoms with Crippen LogP contribution in [0, 0.1) is 0 Å². The van der Waals surface area contributed by atoms with Crippen LogP contribution in [-0.4, -0.2) is 21.9 Å². The summed E-state index contributed by atoms with van der Waals surface area (Å²) in [6.07, 6.45) is 1.68. The number of hydrogen-bond acceptors (Lipinski definition) is 3. The molecule has 0 saturated heterocycles. The predicted octanol–water partition coefficient (Wildman–Crippen LogP) is 3.57. The molecule has 0 fully saturated rings. The molecular formula is C11H10BrCl2N3O. The number of halogens is 3. The molecule has 0 aliphatic heterocycles. The summed E-state index contributed by atoms with van der Waals surface area (Å²) in [7, 11) is 1.60. The van der Waals surface area contributed by atoms with E-state index in [0.717, 1.165) is 15.7 Å². The highest BCUT2D eigenvalue weighted by Crippen LogP contribution is 2.25. The van der Waals surface area contributed by atoms with E-state index in [1.807, 2.05) is 12.1 Å². The third-order valence-corrected chi connectivity index (χ3v) is 3.47. The molecular weight excluding hydrogens is 341 g/mol. The van der Waals surface area contributed by atoms with Gasteiger partial charge in [-0.2, -0.15) is 5.10 Å². The molecule has 0 bridgehead atoms. The molecule has 0 amide bonds. The summed E-state index contributed by atoms with van der Waals surface area (Å²) < 4.78 is 7.52. The Balaban J connectivity index is 2.47. The van der Waals surface area contributed by atoms with Crippen LogP contribution in [0.25, 0.3) is 5.82 Å². The Kier molecular flexibility index (Phi) is 4.61. The zero-order chi connectivity index (χ0) is 13.1. The van der Waals surface area contributed by atoms with E-state index in [2.05, 4.69) is 26.0 Å². The van der Waals surface area contributed by atoms with Gasteiger partial charge in [0.15, 0.2) is 5.82 Å². The SMILES string of the molecule is COCc1nn(-c2ccc(Br)cn2)c(Cl)c1CCl. The van der Waals surface area contributed by atoms with Crippen LogP contribution in [0.4, 0.5) is 0 Å². The molecule has 0 spiro atoms. The molecule has 0 aliphatic carbocycles. The van der Waals surface area contributed by atoms with Crippen molar-refractivity contribution in [3.63, 3.8) is 0 Å². The number of rotatable bonds is 4. The van der Waals surface area contributed by atoms with E-state index in [4.69, 9.17) is 27.9 Å². The summed E-state index contributed by atoms with van der Waals surface area (Å²) in [5, 5.41) is 4.83. The normalized spacial score (nSPS) is 10.9. The van der Waals surface area contributed by atoms with Gasteiger partial charge in [-0.15, -0.1) is 11.6 Å². The van der Waals surface area contributed by atoms with E-state index >= 15 is 0 Å². The zero-order valence-corrected chi connectivity index (χ0v) is 12.6. The molecule has 0 aromatic carbocycles. The highest BCUT2D eigenvalue weighted by molar-refractivity contribution is 9.10. The topological polar surface area (TPSA) is 39.9 Å². The molecule has 96 valence electrons. The fraction of sp³-hybridized carbons (Fsp3) is 0.273. The van der Waals surface area contributed by atoms with Crippen molar-refractivity contribution in [2.75, 3.05) is 7.11 Å². The van der Waals surface area contributed by atoms with Gasteiger partial charge in [0, 0.05) is 23.3 Å². The van der Waals surface area contributed by atoms with Crippen molar-refractivity contribution in [1.29, 1.82) is 0 Å². The van der Waals surface area contributed by atoms with Gasteiger partial charge < -0.3 is 4.74 Å². The third-order valence-electron chi connectivity index (χ3n) is 2.35. The van der Waals surface area contributed by atoms with Crippen molar-refractivity contribution in [3.05, 3.63) is 39.2 Å². The molecule has 2 rings (SSSR count).